The molecule has 0 bridgehead atoms. The molecule has 2 aromatic rings. The molecule has 0 amide bonds. The molecule has 0 fully saturated rings. The van der Waals surface area contributed by atoms with Gasteiger partial charge in [-0.3, -0.25) is 4.68 Å². The lowest BCUT2D eigenvalue weighted by Gasteiger charge is -1.98. The van der Waals surface area contributed by atoms with Crippen LogP contribution in [-0.2, 0) is 13.6 Å². The van der Waals surface area contributed by atoms with Crippen molar-refractivity contribution in [3.63, 3.8) is 0 Å². The van der Waals surface area contributed by atoms with Gasteiger partial charge in [-0.2, -0.15) is 5.10 Å². The average molecular weight is 214 g/mol. The summed E-state index contributed by atoms with van der Waals surface area (Å²) in [5.41, 5.74) is 0.999. The fourth-order valence-electron chi connectivity index (χ4n) is 1.11. The van der Waals surface area contributed by atoms with E-state index >= 15 is 0 Å². The van der Waals surface area contributed by atoms with Gasteiger partial charge >= 0.3 is 0 Å². The molecule has 2 heterocycles. The van der Waals surface area contributed by atoms with Crippen molar-refractivity contribution in [2.75, 3.05) is 5.32 Å². The molecule has 0 aliphatic rings. The van der Waals surface area contributed by atoms with Crippen LogP contribution < -0.4 is 5.32 Å². The van der Waals surface area contributed by atoms with Crippen LogP contribution in [0.1, 0.15) is 5.76 Å². The van der Waals surface area contributed by atoms with Crippen molar-refractivity contribution >= 4 is 18.1 Å². The Morgan fingerprint density at radius 3 is 3.00 bits per heavy atom. The van der Waals surface area contributed by atoms with Gasteiger partial charge in [0.2, 0.25) is 0 Å². The molecule has 2 rings (SSSR count). The van der Waals surface area contributed by atoms with Crippen LogP contribution in [-0.4, -0.2) is 9.78 Å². The highest BCUT2D eigenvalue weighted by atomic mass is 35.5. The van der Waals surface area contributed by atoms with Crippen molar-refractivity contribution in [3.8, 4) is 0 Å². The van der Waals surface area contributed by atoms with Gasteiger partial charge in [0.1, 0.15) is 5.76 Å². The van der Waals surface area contributed by atoms with E-state index in [-0.39, 0.29) is 12.4 Å². The quantitative estimate of drug-likeness (QED) is 0.849. The minimum absolute atomic E-state index is 0. The summed E-state index contributed by atoms with van der Waals surface area (Å²) in [5.74, 6) is 0.920. The number of nitrogens with zero attached hydrogens (tertiary/aromatic N) is 2. The molecule has 0 spiro atoms. The predicted molar refractivity (Wildman–Crippen MR) is 56.5 cm³/mol. The third-order valence-corrected chi connectivity index (χ3v) is 1.75. The molecule has 0 saturated heterocycles. The van der Waals surface area contributed by atoms with Crippen LogP contribution in [0.3, 0.4) is 0 Å². The first kappa shape index (κ1) is 10.7. The van der Waals surface area contributed by atoms with Crippen molar-refractivity contribution in [3.05, 3.63) is 36.5 Å². The Morgan fingerprint density at radius 2 is 2.43 bits per heavy atom. The zero-order valence-electron chi connectivity index (χ0n) is 7.80. The Labute approximate surface area is 88.3 Å². The monoisotopic (exact) mass is 213 g/mol. The maximum absolute atomic E-state index is 5.17. The van der Waals surface area contributed by atoms with Gasteiger partial charge in [-0.1, -0.05) is 0 Å². The van der Waals surface area contributed by atoms with E-state index in [0.29, 0.717) is 6.54 Å². The lowest BCUT2D eigenvalue weighted by Crippen LogP contribution is -1.96. The van der Waals surface area contributed by atoms with Gasteiger partial charge in [0.25, 0.3) is 0 Å². The fraction of sp³-hybridized carbons (Fsp3) is 0.222. The molecule has 2 aromatic heterocycles. The Hall–Kier alpha value is -1.42. The molecule has 0 aliphatic heterocycles. The van der Waals surface area contributed by atoms with E-state index in [0.717, 1.165) is 11.4 Å². The number of aryl methyl sites for hydroxylation is 1. The van der Waals surface area contributed by atoms with Crippen LogP contribution in [0.25, 0.3) is 0 Å². The first-order valence-electron chi connectivity index (χ1n) is 4.09. The third-order valence-electron chi connectivity index (χ3n) is 1.75. The Bertz CT molecular complexity index is 369. The molecule has 0 aromatic carbocycles. The zero-order valence-corrected chi connectivity index (χ0v) is 8.62. The number of anilines is 1. The molecule has 5 heteroatoms. The highest BCUT2D eigenvalue weighted by Crippen LogP contribution is 2.07. The molecule has 0 atom stereocenters. The minimum Gasteiger partial charge on any atom is -0.467 e. The van der Waals surface area contributed by atoms with E-state index in [1.165, 1.54) is 0 Å². The molecule has 14 heavy (non-hydrogen) atoms. The first-order chi connectivity index (χ1) is 6.34. The van der Waals surface area contributed by atoms with Crippen molar-refractivity contribution in [2.45, 2.75) is 6.54 Å². The van der Waals surface area contributed by atoms with Gasteiger partial charge in [0.15, 0.2) is 0 Å². The number of furan rings is 1. The van der Waals surface area contributed by atoms with Crippen LogP contribution in [0.15, 0.2) is 35.2 Å². The van der Waals surface area contributed by atoms with Gasteiger partial charge in [-0.25, -0.2) is 0 Å². The highest BCUT2D eigenvalue weighted by Gasteiger charge is 1.96. The van der Waals surface area contributed by atoms with Crippen molar-refractivity contribution < 1.29 is 4.42 Å². The van der Waals surface area contributed by atoms with Crippen LogP contribution >= 0.6 is 12.4 Å². The number of hydrogen-bond donors (Lipinski definition) is 1. The molecule has 0 saturated carbocycles. The standard InChI is InChI=1S/C9H11N3O.ClH/c1-12-7-8(5-11-12)10-6-9-3-2-4-13-9;/h2-5,7,10H,6H2,1H3;1H. The highest BCUT2D eigenvalue weighted by molar-refractivity contribution is 5.85. The number of hydrogen-bond acceptors (Lipinski definition) is 3. The summed E-state index contributed by atoms with van der Waals surface area (Å²) in [7, 11) is 1.89. The SMILES string of the molecule is Cl.Cn1cc(NCc2ccco2)cn1. The lowest BCUT2D eigenvalue weighted by atomic mass is 10.4. The smallest absolute Gasteiger partial charge is 0.122 e. The summed E-state index contributed by atoms with van der Waals surface area (Å²) in [5, 5.41) is 7.23. The molecule has 1 N–H and O–H groups in total. The lowest BCUT2D eigenvalue weighted by molar-refractivity contribution is 0.518. The molecular weight excluding hydrogens is 202 g/mol. The van der Waals surface area contributed by atoms with Gasteiger partial charge in [0.05, 0.1) is 24.7 Å². The van der Waals surface area contributed by atoms with Crippen LogP contribution in [0.5, 0.6) is 0 Å². The molecule has 0 unspecified atom stereocenters. The normalized spacial score (nSPS) is 9.50. The van der Waals surface area contributed by atoms with E-state index in [1.807, 2.05) is 25.4 Å². The van der Waals surface area contributed by atoms with Crippen LogP contribution in [0.4, 0.5) is 5.69 Å². The minimum atomic E-state index is 0. The first-order valence-corrected chi connectivity index (χ1v) is 4.09. The zero-order chi connectivity index (χ0) is 9.10. The summed E-state index contributed by atoms with van der Waals surface area (Å²) in [6.07, 6.45) is 5.37. The largest absolute Gasteiger partial charge is 0.467 e. The number of rotatable bonds is 3. The molecule has 4 nitrogen and oxygen atoms in total. The number of halogens is 1. The van der Waals surface area contributed by atoms with Gasteiger partial charge in [0, 0.05) is 13.2 Å². The van der Waals surface area contributed by atoms with Crippen molar-refractivity contribution in [2.24, 2.45) is 7.05 Å². The van der Waals surface area contributed by atoms with E-state index in [9.17, 15) is 0 Å². The summed E-state index contributed by atoms with van der Waals surface area (Å²) in [6, 6.07) is 3.81. The van der Waals surface area contributed by atoms with Crippen LogP contribution in [0.2, 0.25) is 0 Å². The second-order valence-electron chi connectivity index (χ2n) is 2.84. The maximum Gasteiger partial charge on any atom is 0.122 e. The van der Waals surface area contributed by atoms with Crippen molar-refractivity contribution in [1.82, 2.24) is 9.78 Å². The molecule has 76 valence electrons. The summed E-state index contributed by atoms with van der Waals surface area (Å²) >= 11 is 0. The second-order valence-corrected chi connectivity index (χ2v) is 2.84. The average Bonchev–Trinajstić information content (AvgIpc) is 2.71. The number of aromatic nitrogens is 2. The van der Waals surface area contributed by atoms with E-state index in [1.54, 1.807) is 17.1 Å². The topological polar surface area (TPSA) is 43.0 Å². The van der Waals surface area contributed by atoms with Gasteiger partial charge in [-0.15, -0.1) is 12.4 Å². The Kier molecular flexibility index (Phi) is 3.59. The number of nitrogens with one attached hydrogen (secondary N) is 1. The molecule has 0 radical (unpaired) electrons. The third kappa shape index (κ3) is 2.53. The molecule has 0 aliphatic carbocycles. The summed E-state index contributed by atoms with van der Waals surface area (Å²) in [4.78, 5) is 0. The van der Waals surface area contributed by atoms with E-state index in [2.05, 4.69) is 10.4 Å². The molecular formula is C9H12ClN3O. The van der Waals surface area contributed by atoms with Gasteiger partial charge in [-0.05, 0) is 12.1 Å². The second kappa shape index (κ2) is 4.72. The fourth-order valence-corrected chi connectivity index (χ4v) is 1.11. The Balaban J connectivity index is 0.000000980. The van der Waals surface area contributed by atoms with Gasteiger partial charge < -0.3 is 9.73 Å². The van der Waals surface area contributed by atoms with E-state index < -0.39 is 0 Å². The van der Waals surface area contributed by atoms with Crippen LogP contribution in [0, 0.1) is 0 Å². The Morgan fingerprint density at radius 1 is 1.57 bits per heavy atom. The summed E-state index contributed by atoms with van der Waals surface area (Å²) in [6.45, 7) is 0.693. The summed E-state index contributed by atoms with van der Waals surface area (Å²) < 4.78 is 6.93. The van der Waals surface area contributed by atoms with E-state index in [4.69, 9.17) is 4.42 Å². The van der Waals surface area contributed by atoms with Crippen molar-refractivity contribution in [1.29, 1.82) is 0 Å². The maximum atomic E-state index is 5.17. The predicted octanol–water partition coefficient (Wildman–Crippen LogP) is 2.05.